The predicted octanol–water partition coefficient (Wildman–Crippen LogP) is 4.87. The number of hydrogen-bond acceptors (Lipinski definition) is 2. The van der Waals surface area contributed by atoms with Crippen LogP contribution in [0.5, 0.6) is 0 Å². The topological polar surface area (TPSA) is 29.3 Å². The fraction of sp³-hybridized carbons (Fsp3) is 0.647. The van der Waals surface area contributed by atoms with Gasteiger partial charge in [-0.25, -0.2) is 0 Å². The molecule has 3 heteroatoms. The summed E-state index contributed by atoms with van der Waals surface area (Å²) in [4.78, 5) is 2.60. The molecule has 0 radical (unpaired) electrons. The highest BCUT2D eigenvalue weighted by atomic mass is 79.9. The second kappa shape index (κ2) is 6.95. The third kappa shape index (κ3) is 3.76. The first-order chi connectivity index (χ1) is 9.49. The summed E-state index contributed by atoms with van der Waals surface area (Å²) in [6.07, 6.45) is 5.41. The average Bonchev–Trinajstić information content (AvgIpc) is 2.88. The van der Waals surface area contributed by atoms with Crippen molar-refractivity contribution < 1.29 is 0 Å². The number of hydrogen-bond donors (Lipinski definition) is 1. The molecule has 0 spiro atoms. The summed E-state index contributed by atoms with van der Waals surface area (Å²) in [7, 11) is 0. The SMILES string of the molecule is CC(C)CN(c1ccc([C@@H](C)N)c(Br)c1)C1CCCC1. The summed E-state index contributed by atoms with van der Waals surface area (Å²) in [5.41, 5.74) is 8.52. The highest BCUT2D eigenvalue weighted by Crippen LogP contribution is 2.32. The molecule has 2 N–H and O–H groups in total. The Kier molecular flexibility index (Phi) is 5.50. The molecule has 0 aromatic heterocycles. The smallest absolute Gasteiger partial charge is 0.0380 e. The summed E-state index contributed by atoms with van der Waals surface area (Å²) in [5.74, 6) is 0.683. The molecule has 0 saturated heterocycles. The monoisotopic (exact) mass is 338 g/mol. The van der Waals surface area contributed by atoms with Gasteiger partial charge in [0.05, 0.1) is 0 Å². The molecule has 1 fully saturated rings. The van der Waals surface area contributed by atoms with Gasteiger partial charge in [-0.2, -0.15) is 0 Å². The molecular weight excluding hydrogens is 312 g/mol. The molecule has 1 aliphatic rings. The van der Waals surface area contributed by atoms with Crippen LogP contribution < -0.4 is 10.6 Å². The average molecular weight is 339 g/mol. The molecule has 1 atom stereocenters. The molecule has 0 aliphatic heterocycles. The van der Waals surface area contributed by atoms with E-state index in [1.165, 1.54) is 36.9 Å². The fourth-order valence-corrected chi connectivity index (χ4v) is 3.87. The first-order valence-corrected chi connectivity index (χ1v) is 8.60. The van der Waals surface area contributed by atoms with Gasteiger partial charge in [-0.15, -0.1) is 0 Å². The summed E-state index contributed by atoms with van der Waals surface area (Å²) >= 11 is 3.68. The van der Waals surface area contributed by atoms with Crippen LogP contribution in [-0.4, -0.2) is 12.6 Å². The Balaban J connectivity index is 2.25. The zero-order valence-corrected chi connectivity index (χ0v) is 14.5. The van der Waals surface area contributed by atoms with E-state index in [9.17, 15) is 0 Å². The zero-order chi connectivity index (χ0) is 14.7. The Hall–Kier alpha value is -0.540. The van der Waals surface area contributed by atoms with Crippen LogP contribution in [0.25, 0.3) is 0 Å². The van der Waals surface area contributed by atoms with Crippen molar-refractivity contribution in [2.75, 3.05) is 11.4 Å². The number of nitrogens with zero attached hydrogens (tertiary/aromatic N) is 1. The van der Waals surface area contributed by atoms with Crippen molar-refractivity contribution in [3.63, 3.8) is 0 Å². The minimum absolute atomic E-state index is 0.0726. The van der Waals surface area contributed by atoms with Gasteiger partial charge in [0, 0.05) is 28.8 Å². The van der Waals surface area contributed by atoms with E-state index >= 15 is 0 Å². The van der Waals surface area contributed by atoms with Gasteiger partial charge in [-0.1, -0.05) is 48.7 Å². The first-order valence-electron chi connectivity index (χ1n) is 7.80. The number of halogens is 1. The van der Waals surface area contributed by atoms with Gasteiger partial charge in [-0.05, 0) is 43.4 Å². The Bertz CT molecular complexity index is 437. The maximum atomic E-state index is 6.00. The van der Waals surface area contributed by atoms with Crippen LogP contribution in [0.15, 0.2) is 22.7 Å². The van der Waals surface area contributed by atoms with Gasteiger partial charge in [0.25, 0.3) is 0 Å². The third-order valence-electron chi connectivity index (χ3n) is 4.13. The molecule has 0 heterocycles. The first kappa shape index (κ1) is 15.8. The summed E-state index contributed by atoms with van der Waals surface area (Å²) in [6.45, 7) is 7.76. The Labute approximate surface area is 131 Å². The van der Waals surface area contributed by atoms with Crippen LogP contribution in [0.2, 0.25) is 0 Å². The van der Waals surface area contributed by atoms with E-state index in [-0.39, 0.29) is 6.04 Å². The maximum Gasteiger partial charge on any atom is 0.0380 e. The van der Waals surface area contributed by atoms with E-state index < -0.39 is 0 Å². The summed E-state index contributed by atoms with van der Waals surface area (Å²) < 4.78 is 1.14. The molecule has 112 valence electrons. The van der Waals surface area contributed by atoms with Gasteiger partial charge in [0.1, 0.15) is 0 Å². The highest BCUT2D eigenvalue weighted by molar-refractivity contribution is 9.10. The number of nitrogens with two attached hydrogens (primary N) is 1. The summed E-state index contributed by atoms with van der Waals surface area (Å²) in [5, 5.41) is 0. The van der Waals surface area contributed by atoms with E-state index in [1.54, 1.807) is 0 Å². The van der Waals surface area contributed by atoms with Crippen LogP contribution in [-0.2, 0) is 0 Å². The lowest BCUT2D eigenvalue weighted by molar-refractivity contribution is 0.535. The minimum atomic E-state index is 0.0726. The van der Waals surface area contributed by atoms with Gasteiger partial charge in [-0.3, -0.25) is 0 Å². The van der Waals surface area contributed by atoms with E-state index in [2.05, 4.69) is 52.9 Å². The molecule has 2 nitrogen and oxygen atoms in total. The molecule has 0 amide bonds. The van der Waals surface area contributed by atoms with Gasteiger partial charge >= 0.3 is 0 Å². The molecule has 0 bridgehead atoms. The lowest BCUT2D eigenvalue weighted by atomic mass is 10.1. The van der Waals surface area contributed by atoms with Crippen molar-refractivity contribution in [1.29, 1.82) is 0 Å². The molecular formula is C17H27BrN2. The Morgan fingerprint density at radius 1 is 1.25 bits per heavy atom. The van der Waals surface area contributed by atoms with Crippen LogP contribution in [0, 0.1) is 5.92 Å². The van der Waals surface area contributed by atoms with Crippen LogP contribution >= 0.6 is 15.9 Å². The fourth-order valence-electron chi connectivity index (χ4n) is 3.14. The zero-order valence-electron chi connectivity index (χ0n) is 12.9. The second-order valence-electron chi connectivity index (χ2n) is 6.48. The molecule has 1 aliphatic carbocycles. The second-order valence-corrected chi connectivity index (χ2v) is 7.33. The van der Waals surface area contributed by atoms with Crippen molar-refractivity contribution in [1.82, 2.24) is 0 Å². The standard InChI is InChI=1S/C17H27BrN2/c1-12(2)11-20(14-6-4-5-7-14)15-8-9-16(13(3)19)17(18)10-15/h8-10,12-14H,4-7,11,19H2,1-3H3/t13-/m1/s1. The Morgan fingerprint density at radius 2 is 1.90 bits per heavy atom. The molecule has 2 rings (SSSR count). The van der Waals surface area contributed by atoms with Crippen molar-refractivity contribution >= 4 is 21.6 Å². The van der Waals surface area contributed by atoms with Crippen molar-refractivity contribution in [2.24, 2.45) is 11.7 Å². The molecule has 0 unspecified atom stereocenters. The molecule has 1 saturated carbocycles. The Morgan fingerprint density at radius 3 is 2.40 bits per heavy atom. The van der Waals surface area contributed by atoms with Gasteiger partial charge in [0.2, 0.25) is 0 Å². The van der Waals surface area contributed by atoms with E-state index in [1.807, 2.05) is 6.92 Å². The maximum absolute atomic E-state index is 6.00. The third-order valence-corrected chi connectivity index (χ3v) is 4.82. The van der Waals surface area contributed by atoms with Crippen molar-refractivity contribution in [3.8, 4) is 0 Å². The quantitative estimate of drug-likeness (QED) is 0.829. The van der Waals surface area contributed by atoms with E-state index in [4.69, 9.17) is 5.73 Å². The normalized spacial score (nSPS) is 17.7. The van der Waals surface area contributed by atoms with E-state index in [0.29, 0.717) is 12.0 Å². The van der Waals surface area contributed by atoms with Crippen LogP contribution in [0.4, 0.5) is 5.69 Å². The lowest BCUT2D eigenvalue weighted by Gasteiger charge is -2.33. The van der Waals surface area contributed by atoms with E-state index in [0.717, 1.165) is 11.0 Å². The predicted molar refractivity (Wildman–Crippen MR) is 91.2 cm³/mol. The summed E-state index contributed by atoms with van der Waals surface area (Å²) in [6, 6.07) is 7.45. The van der Waals surface area contributed by atoms with Gasteiger partial charge in [0.15, 0.2) is 0 Å². The molecule has 20 heavy (non-hydrogen) atoms. The number of anilines is 1. The van der Waals surface area contributed by atoms with Crippen LogP contribution in [0.3, 0.4) is 0 Å². The van der Waals surface area contributed by atoms with Gasteiger partial charge < -0.3 is 10.6 Å². The highest BCUT2D eigenvalue weighted by Gasteiger charge is 2.24. The number of rotatable bonds is 5. The largest absolute Gasteiger partial charge is 0.368 e. The molecule has 1 aromatic carbocycles. The minimum Gasteiger partial charge on any atom is -0.368 e. The number of benzene rings is 1. The lowest BCUT2D eigenvalue weighted by Crippen LogP contribution is -2.36. The van der Waals surface area contributed by atoms with Crippen molar-refractivity contribution in [2.45, 2.75) is 58.5 Å². The van der Waals surface area contributed by atoms with Crippen molar-refractivity contribution in [3.05, 3.63) is 28.2 Å². The molecule has 1 aromatic rings. The van der Waals surface area contributed by atoms with Crippen LogP contribution in [0.1, 0.15) is 58.1 Å².